The summed E-state index contributed by atoms with van der Waals surface area (Å²) in [5.41, 5.74) is 0.300. The zero-order valence-corrected chi connectivity index (χ0v) is 12.9. The van der Waals surface area contributed by atoms with Crippen molar-refractivity contribution in [3.63, 3.8) is 0 Å². The molecule has 0 radical (unpaired) electrons. The maximum Gasteiger partial charge on any atom is 0.416 e. The summed E-state index contributed by atoms with van der Waals surface area (Å²) in [4.78, 5) is 16.2. The van der Waals surface area contributed by atoms with E-state index in [1.54, 1.807) is 22.7 Å². The Balaban J connectivity index is 1.73. The Hall–Kier alpha value is -2.54. The fourth-order valence-electron chi connectivity index (χ4n) is 2.20. The van der Waals surface area contributed by atoms with Crippen molar-refractivity contribution in [3.8, 4) is 0 Å². The van der Waals surface area contributed by atoms with Gasteiger partial charge in [-0.05, 0) is 29.8 Å². The van der Waals surface area contributed by atoms with E-state index in [4.69, 9.17) is 11.6 Å². The van der Waals surface area contributed by atoms with Crippen LogP contribution in [0.3, 0.4) is 0 Å². The summed E-state index contributed by atoms with van der Waals surface area (Å²) in [7, 11) is 0. The number of halogens is 4. The van der Waals surface area contributed by atoms with Crippen LogP contribution >= 0.6 is 11.6 Å². The van der Waals surface area contributed by atoms with Gasteiger partial charge < -0.3 is 9.72 Å². The molecule has 0 saturated heterocycles. The van der Waals surface area contributed by atoms with Crippen LogP contribution in [0.5, 0.6) is 0 Å². The summed E-state index contributed by atoms with van der Waals surface area (Å²) in [6, 6.07) is 8.11. The van der Waals surface area contributed by atoms with E-state index in [1.165, 1.54) is 18.3 Å². The number of aromatic nitrogens is 2. The maximum atomic E-state index is 12.7. The smallest absolute Gasteiger partial charge is 0.347 e. The van der Waals surface area contributed by atoms with E-state index in [9.17, 15) is 18.0 Å². The van der Waals surface area contributed by atoms with Crippen molar-refractivity contribution in [2.45, 2.75) is 12.7 Å². The lowest BCUT2D eigenvalue weighted by molar-refractivity contribution is -0.137. The highest BCUT2D eigenvalue weighted by atomic mass is 35.5. The highest BCUT2D eigenvalue weighted by Crippen LogP contribution is 2.29. The SMILES string of the molecule is O=C(NCc1cccc(C(F)(F)F)c1)c1cn2cc(Cl)ccc2n1. The first-order valence-electron chi connectivity index (χ1n) is 6.91. The fraction of sp³-hybridized carbons (Fsp3) is 0.125. The van der Waals surface area contributed by atoms with Gasteiger partial charge in [-0.1, -0.05) is 23.7 Å². The number of pyridine rings is 1. The summed E-state index contributed by atoms with van der Waals surface area (Å²) < 4.78 is 39.6. The molecule has 0 fully saturated rings. The number of imidazole rings is 1. The molecule has 1 N–H and O–H groups in total. The van der Waals surface area contributed by atoms with E-state index in [-0.39, 0.29) is 12.2 Å². The molecule has 0 aliphatic rings. The molecule has 8 heteroatoms. The minimum atomic E-state index is -4.42. The van der Waals surface area contributed by atoms with Crippen LogP contribution in [0, 0.1) is 0 Å². The number of benzene rings is 1. The molecule has 3 rings (SSSR count). The van der Waals surface area contributed by atoms with Gasteiger partial charge in [-0.25, -0.2) is 4.98 Å². The first-order valence-corrected chi connectivity index (χ1v) is 7.29. The molecule has 1 amide bonds. The lowest BCUT2D eigenvalue weighted by Crippen LogP contribution is -2.23. The Morgan fingerprint density at radius 3 is 2.75 bits per heavy atom. The molecule has 0 unspecified atom stereocenters. The monoisotopic (exact) mass is 353 g/mol. The second-order valence-electron chi connectivity index (χ2n) is 5.12. The topological polar surface area (TPSA) is 46.4 Å². The number of rotatable bonds is 3. The molecule has 0 aliphatic heterocycles. The molecule has 0 atom stereocenters. The van der Waals surface area contributed by atoms with Crippen molar-refractivity contribution in [1.82, 2.24) is 14.7 Å². The van der Waals surface area contributed by atoms with Crippen molar-refractivity contribution >= 4 is 23.2 Å². The number of nitrogens with zero attached hydrogens (tertiary/aromatic N) is 2. The zero-order chi connectivity index (χ0) is 17.3. The Morgan fingerprint density at radius 1 is 1.21 bits per heavy atom. The number of nitrogens with one attached hydrogen (secondary N) is 1. The van der Waals surface area contributed by atoms with Crippen molar-refractivity contribution < 1.29 is 18.0 Å². The summed E-state index contributed by atoms with van der Waals surface area (Å²) in [5, 5.41) is 3.05. The second-order valence-corrected chi connectivity index (χ2v) is 5.56. The lowest BCUT2D eigenvalue weighted by atomic mass is 10.1. The van der Waals surface area contributed by atoms with Gasteiger partial charge in [0.15, 0.2) is 0 Å². The van der Waals surface area contributed by atoms with Gasteiger partial charge in [0, 0.05) is 18.9 Å². The lowest BCUT2D eigenvalue weighted by Gasteiger charge is -2.09. The predicted molar refractivity (Wildman–Crippen MR) is 82.8 cm³/mol. The van der Waals surface area contributed by atoms with Crippen LogP contribution in [0.15, 0.2) is 48.8 Å². The van der Waals surface area contributed by atoms with Gasteiger partial charge in [-0.15, -0.1) is 0 Å². The van der Waals surface area contributed by atoms with E-state index in [1.807, 2.05) is 0 Å². The van der Waals surface area contributed by atoms with Crippen molar-refractivity contribution in [2.75, 3.05) is 0 Å². The first-order chi connectivity index (χ1) is 11.3. The first kappa shape index (κ1) is 16.3. The molecule has 4 nitrogen and oxygen atoms in total. The fourth-order valence-corrected chi connectivity index (χ4v) is 2.37. The molecule has 0 bridgehead atoms. The van der Waals surface area contributed by atoms with Crippen molar-refractivity contribution in [3.05, 3.63) is 70.6 Å². The largest absolute Gasteiger partial charge is 0.416 e. The Morgan fingerprint density at radius 2 is 2.00 bits per heavy atom. The molecule has 2 heterocycles. The average Bonchev–Trinajstić information content (AvgIpc) is 2.95. The van der Waals surface area contributed by atoms with E-state index in [0.717, 1.165) is 12.1 Å². The third-order valence-electron chi connectivity index (χ3n) is 3.35. The molecule has 0 spiro atoms. The number of alkyl halides is 3. The van der Waals surface area contributed by atoms with E-state index >= 15 is 0 Å². The standard InChI is InChI=1S/C16H11ClF3N3O/c17-12-4-5-14-22-13(9-23(14)8-12)15(24)21-7-10-2-1-3-11(6-10)16(18,19)20/h1-6,8-9H,7H2,(H,21,24). The van der Waals surface area contributed by atoms with Gasteiger partial charge in [-0.3, -0.25) is 4.79 Å². The van der Waals surface area contributed by atoms with Crippen LogP contribution in [0.2, 0.25) is 5.02 Å². The van der Waals surface area contributed by atoms with E-state index in [2.05, 4.69) is 10.3 Å². The molecule has 24 heavy (non-hydrogen) atoms. The molecule has 2 aromatic heterocycles. The third-order valence-corrected chi connectivity index (χ3v) is 3.58. The van der Waals surface area contributed by atoms with Crippen molar-refractivity contribution in [1.29, 1.82) is 0 Å². The molecule has 3 aromatic rings. The van der Waals surface area contributed by atoms with Gasteiger partial charge in [0.2, 0.25) is 0 Å². The maximum absolute atomic E-state index is 12.7. The average molecular weight is 354 g/mol. The third kappa shape index (κ3) is 3.51. The van der Waals surface area contributed by atoms with Crippen LogP contribution < -0.4 is 5.32 Å². The highest BCUT2D eigenvalue weighted by Gasteiger charge is 2.30. The molecule has 1 aromatic carbocycles. The number of amides is 1. The Labute approximate surface area is 139 Å². The molecule has 124 valence electrons. The quantitative estimate of drug-likeness (QED) is 0.775. The molecular formula is C16H11ClF3N3O. The molecule has 0 aliphatic carbocycles. The van der Waals surface area contributed by atoms with E-state index in [0.29, 0.717) is 16.2 Å². The summed E-state index contributed by atoms with van der Waals surface area (Å²) in [6.07, 6.45) is -1.31. The number of fused-ring (bicyclic) bond motifs is 1. The number of carbonyl (C=O) groups is 1. The van der Waals surface area contributed by atoms with Crippen molar-refractivity contribution in [2.24, 2.45) is 0 Å². The number of carbonyl (C=O) groups excluding carboxylic acids is 1. The van der Waals surface area contributed by atoms with Crippen LogP contribution in [0.1, 0.15) is 21.6 Å². The Kier molecular flexibility index (Phi) is 4.19. The molecule has 0 saturated carbocycles. The van der Waals surface area contributed by atoms with Gasteiger partial charge in [-0.2, -0.15) is 13.2 Å². The van der Waals surface area contributed by atoms with Crippen LogP contribution in [-0.2, 0) is 12.7 Å². The number of hydrogen-bond donors (Lipinski definition) is 1. The van der Waals surface area contributed by atoms with Crippen LogP contribution in [0.25, 0.3) is 5.65 Å². The van der Waals surface area contributed by atoms with Gasteiger partial charge in [0.1, 0.15) is 11.3 Å². The van der Waals surface area contributed by atoms with Gasteiger partial charge >= 0.3 is 6.18 Å². The minimum absolute atomic E-state index is 0.0304. The van der Waals surface area contributed by atoms with E-state index < -0.39 is 17.6 Å². The predicted octanol–water partition coefficient (Wildman–Crippen LogP) is 3.94. The Bertz CT molecular complexity index is 905. The summed E-state index contributed by atoms with van der Waals surface area (Å²) in [6.45, 7) is -0.0304. The number of hydrogen-bond acceptors (Lipinski definition) is 2. The minimum Gasteiger partial charge on any atom is -0.347 e. The highest BCUT2D eigenvalue weighted by molar-refractivity contribution is 6.30. The van der Waals surface area contributed by atoms with Gasteiger partial charge in [0.05, 0.1) is 10.6 Å². The van der Waals surface area contributed by atoms with Crippen LogP contribution in [0.4, 0.5) is 13.2 Å². The molecular weight excluding hydrogens is 343 g/mol. The second kappa shape index (κ2) is 6.16. The summed E-state index contributed by atoms with van der Waals surface area (Å²) in [5.74, 6) is -0.479. The normalized spacial score (nSPS) is 11.7. The van der Waals surface area contributed by atoms with Gasteiger partial charge in [0.25, 0.3) is 5.91 Å². The zero-order valence-electron chi connectivity index (χ0n) is 12.1. The van der Waals surface area contributed by atoms with Crippen LogP contribution in [-0.4, -0.2) is 15.3 Å². The summed E-state index contributed by atoms with van der Waals surface area (Å²) >= 11 is 5.86.